The first-order valence-electron chi connectivity index (χ1n) is 6.18. The van der Waals surface area contributed by atoms with Crippen LogP contribution in [0.15, 0.2) is 12.4 Å². The average molecular weight is 239 g/mol. The summed E-state index contributed by atoms with van der Waals surface area (Å²) in [4.78, 5) is 7.48. The van der Waals surface area contributed by atoms with Gasteiger partial charge in [0, 0.05) is 6.04 Å². The monoisotopic (exact) mass is 239 g/mol. The molecule has 1 aliphatic heterocycles. The number of nitrogens with one attached hydrogen (secondary N) is 1. The molecule has 0 spiro atoms. The molecular weight excluding hydrogens is 221 g/mol. The zero-order valence-electron chi connectivity index (χ0n) is 9.86. The van der Waals surface area contributed by atoms with Crippen LogP contribution in [0.2, 0.25) is 0 Å². The van der Waals surface area contributed by atoms with Crippen LogP contribution in [0, 0.1) is 5.82 Å². The number of nitrogens with zero attached hydrogens (tertiary/aromatic N) is 2. The van der Waals surface area contributed by atoms with Gasteiger partial charge in [0.25, 0.3) is 0 Å². The second-order valence-corrected chi connectivity index (χ2v) is 4.32. The first-order chi connectivity index (χ1) is 8.34. The van der Waals surface area contributed by atoms with Gasteiger partial charge in [0.2, 0.25) is 0 Å². The molecule has 1 aromatic rings. The Balaban J connectivity index is 1.60. The molecule has 1 unspecified atom stereocenters. The molecule has 1 aliphatic rings. The van der Waals surface area contributed by atoms with Crippen molar-refractivity contribution in [2.24, 2.45) is 0 Å². The molecule has 2 rings (SSSR count). The van der Waals surface area contributed by atoms with Gasteiger partial charge < -0.3 is 10.1 Å². The number of rotatable bonds is 5. The molecule has 0 amide bonds. The Morgan fingerprint density at radius 1 is 1.35 bits per heavy atom. The second-order valence-electron chi connectivity index (χ2n) is 4.32. The summed E-state index contributed by atoms with van der Waals surface area (Å²) >= 11 is 0. The molecule has 2 heterocycles. The summed E-state index contributed by atoms with van der Waals surface area (Å²) < 4.78 is 17.9. The van der Waals surface area contributed by atoms with E-state index >= 15 is 0 Å². The Kier molecular flexibility index (Phi) is 4.67. The summed E-state index contributed by atoms with van der Waals surface area (Å²) in [7, 11) is 0. The van der Waals surface area contributed by atoms with Crippen LogP contribution in [0.1, 0.15) is 32.1 Å². The van der Waals surface area contributed by atoms with Crippen molar-refractivity contribution in [1.29, 1.82) is 0 Å². The molecule has 17 heavy (non-hydrogen) atoms. The predicted molar refractivity (Wildman–Crippen MR) is 62.4 cm³/mol. The fraction of sp³-hybridized carbons (Fsp3) is 0.667. The quantitative estimate of drug-likeness (QED) is 0.797. The summed E-state index contributed by atoms with van der Waals surface area (Å²) in [5, 5.41) is 3.49. The van der Waals surface area contributed by atoms with E-state index in [4.69, 9.17) is 4.74 Å². The molecular formula is C12H18FN3O. The first-order valence-corrected chi connectivity index (χ1v) is 6.18. The highest BCUT2D eigenvalue weighted by molar-refractivity contribution is 4.95. The van der Waals surface area contributed by atoms with Crippen LogP contribution >= 0.6 is 0 Å². The van der Waals surface area contributed by atoms with Gasteiger partial charge in [-0.3, -0.25) is 0 Å². The number of piperidine rings is 1. The van der Waals surface area contributed by atoms with Gasteiger partial charge in [-0.1, -0.05) is 6.42 Å². The van der Waals surface area contributed by atoms with E-state index in [0.29, 0.717) is 12.6 Å². The van der Waals surface area contributed by atoms with Crippen molar-refractivity contribution in [1.82, 2.24) is 15.3 Å². The summed E-state index contributed by atoms with van der Waals surface area (Å²) in [6.07, 6.45) is 8.18. The van der Waals surface area contributed by atoms with Crippen LogP contribution in [0.5, 0.6) is 6.01 Å². The van der Waals surface area contributed by atoms with Crippen molar-refractivity contribution in [3.63, 3.8) is 0 Å². The standard InChI is InChI=1S/C12H18FN3O/c13-10-8-15-12(16-9-10)17-7-3-5-11-4-1-2-6-14-11/h8-9,11,14H,1-7H2. The van der Waals surface area contributed by atoms with Gasteiger partial charge in [-0.05, 0) is 32.2 Å². The number of ether oxygens (including phenoxy) is 1. The highest BCUT2D eigenvalue weighted by atomic mass is 19.1. The SMILES string of the molecule is Fc1cnc(OCCCC2CCCCN2)nc1. The predicted octanol–water partition coefficient (Wildman–Crippen LogP) is 1.92. The second kappa shape index (κ2) is 6.49. The molecule has 0 saturated carbocycles. The van der Waals surface area contributed by atoms with E-state index in [1.165, 1.54) is 19.3 Å². The lowest BCUT2D eigenvalue weighted by atomic mass is 10.0. The lowest BCUT2D eigenvalue weighted by Crippen LogP contribution is -2.34. The maximum Gasteiger partial charge on any atom is 0.316 e. The summed E-state index contributed by atoms with van der Waals surface area (Å²) in [6, 6.07) is 0.879. The molecule has 94 valence electrons. The minimum Gasteiger partial charge on any atom is -0.463 e. The molecule has 1 saturated heterocycles. The Labute approximate surface area is 101 Å². The first kappa shape index (κ1) is 12.2. The zero-order valence-corrected chi connectivity index (χ0v) is 9.86. The van der Waals surface area contributed by atoms with Gasteiger partial charge in [0.05, 0.1) is 19.0 Å². The lowest BCUT2D eigenvalue weighted by Gasteiger charge is -2.23. The van der Waals surface area contributed by atoms with Crippen LogP contribution in [0.4, 0.5) is 4.39 Å². The van der Waals surface area contributed by atoms with E-state index in [9.17, 15) is 4.39 Å². The van der Waals surface area contributed by atoms with Gasteiger partial charge in [0.1, 0.15) is 0 Å². The van der Waals surface area contributed by atoms with Gasteiger partial charge in [-0.25, -0.2) is 14.4 Å². The van der Waals surface area contributed by atoms with Crippen molar-refractivity contribution in [3.05, 3.63) is 18.2 Å². The van der Waals surface area contributed by atoms with Crippen molar-refractivity contribution in [2.75, 3.05) is 13.2 Å². The van der Waals surface area contributed by atoms with E-state index in [2.05, 4.69) is 15.3 Å². The number of hydrogen-bond acceptors (Lipinski definition) is 4. The highest BCUT2D eigenvalue weighted by Gasteiger charge is 2.11. The molecule has 0 aliphatic carbocycles. The Morgan fingerprint density at radius 2 is 2.18 bits per heavy atom. The van der Waals surface area contributed by atoms with Crippen molar-refractivity contribution >= 4 is 0 Å². The van der Waals surface area contributed by atoms with E-state index in [-0.39, 0.29) is 6.01 Å². The summed E-state index contributed by atoms with van der Waals surface area (Å²) in [5.41, 5.74) is 0. The van der Waals surface area contributed by atoms with Gasteiger partial charge in [0.15, 0.2) is 5.82 Å². The molecule has 4 nitrogen and oxygen atoms in total. The highest BCUT2D eigenvalue weighted by Crippen LogP contribution is 2.12. The van der Waals surface area contributed by atoms with Crippen molar-refractivity contribution in [3.8, 4) is 6.01 Å². The van der Waals surface area contributed by atoms with Crippen molar-refractivity contribution < 1.29 is 9.13 Å². The molecule has 1 fully saturated rings. The van der Waals surface area contributed by atoms with Gasteiger partial charge in [-0.2, -0.15) is 0 Å². The maximum atomic E-state index is 12.5. The topological polar surface area (TPSA) is 47.0 Å². The van der Waals surface area contributed by atoms with E-state index in [1.54, 1.807) is 0 Å². The lowest BCUT2D eigenvalue weighted by molar-refractivity contribution is 0.266. The Bertz CT molecular complexity index is 325. The fourth-order valence-electron chi connectivity index (χ4n) is 2.04. The van der Waals surface area contributed by atoms with Crippen LogP contribution in [0.3, 0.4) is 0 Å². The van der Waals surface area contributed by atoms with E-state index in [1.807, 2.05) is 0 Å². The number of halogens is 1. The third kappa shape index (κ3) is 4.26. The molecule has 0 aromatic carbocycles. The molecule has 0 radical (unpaired) electrons. The molecule has 1 N–H and O–H groups in total. The Hall–Kier alpha value is -1.23. The van der Waals surface area contributed by atoms with Crippen LogP contribution in [-0.4, -0.2) is 29.2 Å². The average Bonchev–Trinajstić information content (AvgIpc) is 2.38. The molecule has 1 atom stereocenters. The van der Waals surface area contributed by atoms with Crippen molar-refractivity contribution in [2.45, 2.75) is 38.1 Å². The smallest absolute Gasteiger partial charge is 0.316 e. The Morgan fingerprint density at radius 3 is 2.88 bits per heavy atom. The van der Waals surface area contributed by atoms with E-state index < -0.39 is 5.82 Å². The van der Waals surface area contributed by atoms with E-state index in [0.717, 1.165) is 31.8 Å². The molecule has 1 aromatic heterocycles. The third-order valence-electron chi connectivity index (χ3n) is 2.94. The number of aromatic nitrogens is 2. The fourth-order valence-corrected chi connectivity index (χ4v) is 2.04. The normalized spacial score (nSPS) is 20.2. The third-order valence-corrected chi connectivity index (χ3v) is 2.94. The molecule has 0 bridgehead atoms. The van der Waals surface area contributed by atoms with Crippen LogP contribution in [0.25, 0.3) is 0 Å². The van der Waals surface area contributed by atoms with Gasteiger partial charge in [-0.15, -0.1) is 0 Å². The van der Waals surface area contributed by atoms with Crippen LogP contribution < -0.4 is 10.1 Å². The zero-order chi connectivity index (χ0) is 11.9. The summed E-state index contributed by atoms with van der Waals surface area (Å²) in [5.74, 6) is -0.441. The largest absolute Gasteiger partial charge is 0.463 e. The molecule has 5 heteroatoms. The van der Waals surface area contributed by atoms with Crippen LogP contribution in [-0.2, 0) is 0 Å². The van der Waals surface area contributed by atoms with Gasteiger partial charge >= 0.3 is 6.01 Å². The minimum absolute atomic E-state index is 0.253. The number of hydrogen-bond donors (Lipinski definition) is 1. The minimum atomic E-state index is -0.441. The summed E-state index contributed by atoms with van der Waals surface area (Å²) in [6.45, 7) is 1.72. The maximum absolute atomic E-state index is 12.5.